The molecule has 1 unspecified atom stereocenters. The van der Waals surface area contributed by atoms with Crippen LogP contribution in [0.1, 0.15) is 56.3 Å². The molecule has 1 aromatic heterocycles. The molecule has 1 heterocycles. The van der Waals surface area contributed by atoms with Crippen molar-refractivity contribution in [3.8, 4) is 0 Å². The molecule has 1 atom stereocenters. The molecule has 0 saturated carbocycles. The van der Waals surface area contributed by atoms with Crippen LogP contribution in [0.15, 0.2) is 42.3 Å². The van der Waals surface area contributed by atoms with Crippen LogP contribution in [-0.2, 0) is 6.42 Å². The normalized spacial score (nSPS) is 18.3. The van der Waals surface area contributed by atoms with Crippen LogP contribution in [0.3, 0.4) is 0 Å². The summed E-state index contributed by atoms with van der Waals surface area (Å²) < 4.78 is 0. The van der Waals surface area contributed by atoms with E-state index in [-0.39, 0.29) is 0 Å². The van der Waals surface area contributed by atoms with Crippen molar-refractivity contribution in [2.24, 2.45) is 11.5 Å². The molecule has 132 valence electrons. The number of hydrogen-bond acceptors (Lipinski definition) is 4. The zero-order chi connectivity index (χ0) is 17.2. The second-order valence-electron chi connectivity index (χ2n) is 6.62. The number of unbranched alkanes of at least 4 members (excludes halogenated alkanes) is 1. The Morgan fingerprint density at radius 3 is 3.04 bits per heavy atom. The fourth-order valence-corrected chi connectivity index (χ4v) is 3.38. The third kappa shape index (κ3) is 5.77. The predicted octanol–water partition coefficient (Wildman–Crippen LogP) is 3.31. The zero-order valence-corrected chi connectivity index (χ0v) is 15.0. The van der Waals surface area contributed by atoms with Gasteiger partial charge >= 0.3 is 0 Å². The van der Waals surface area contributed by atoms with Crippen molar-refractivity contribution in [3.63, 3.8) is 0 Å². The fraction of sp³-hybridized carbons (Fsp3) is 0.550. The molecule has 0 fully saturated rings. The van der Waals surface area contributed by atoms with Gasteiger partial charge < -0.3 is 11.5 Å². The number of allylic oxidation sites excluding steroid dienone is 3. The quantitative estimate of drug-likeness (QED) is 0.539. The van der Waals surface area contributed by atoms with Crippen LogP contribution in [0.5, 0.6) is 0 Å². The van der Waals surface area contributed by atoms with Gasteiger partial charge in [0.05, 0.1) is 11.7 Å². The van der Waals surface area contributed by atoms with Crippen molar-refractivity contribution in [2.45, 2.75) is 51.5 Å². The summed E-state index contributed by atoms with van der Waals surface area (Å²) in [5.41, 5.74) is 14.9. The Morgan fingerprint density at radius 1 is 1.38 bits per heavy atom. The summed E-state index contributed by atoms with van der Waals surface area (Å²) in [6, 6.07) is 4.75. The average molecular weight is 329 g/mol. The van der Waals surface area contributed by atoms with E-state index in [9.17, 15) is 0 Å². The van der Waals surface area contributed by atoms with Crippen molar-refractivity contribution in [3.05, 3.63) is 53.5 Å². The van der Waals surface area contributed by atoms with Crippen molar-refractivity contribution in [1.29, 1.82) is 0 Å². The van der Waals surface area contributed by atoms with E-state index in [1.165, 1.54) is 24.1 Å². The van der Waals surface area contributed by atoms with Crippen LogP contribution in [0.2, 0.25) is 0 Å². The van der Waals surface area contributed by atoms with Gasteiger partial charge in [-0.1, -0.05) is 18.2 Å². The molecule has 4 N–H and O–H groups in total. The van der Waals surface area contributed by atoms with E-state index in [1.54, 1.807) is 0 Å². The summed E-state index contributed by atoms with van der Waals surface area (Å²) in [5.74, 6) is 0. The van der Waals surface area contributed by atoms with Gasteiger partial charge in [0.2, 0.25) is 0 Å². The van der Waals surface area contributed by atoms with Gasteiger partial charge in [-0.3, -0.25) is 9.88 Å². The number of nitrogens with zero attached hydrogens (tertiary/aromatic N) is 2. The first-order valence-electron chi connectivity index (χ1n) is 9.19. The minimum absolute atomic E-state index is 0.452. The summed E-state index contributed by atoms with van der Waals surface area (Å²) in [5, 5.41) is 0. The minimum Gasteiger partial charge on any atom is -0.402 e. The molecule has 0 aliphatic heterocycles. The number of aryl methyl sites for hydroxylation is 1. The van der Waals surface area contributed by atoms with E-state index in [0.29, 0.717) is 6.04 Å². The van der Waals surface area contributed by atoms with Gasteiger partial charge in [0.15, 0.2) is 0 Å². The summed E-state index contributed by atoms with van der Waals surface area (Å²) in [7, 11) is 0. The Morgan fingerprint density at radius 2 is 2.25 bits per heavy atom. The molecule has 0 spiro atoms. The van der Waals surface area contributed by atoms with Gasteiger partial charge in [-0.05, 0) is 76.2 Å². The third-order valence-electron chi connectivity index (χ3n) is 4.58. The van der Waals surface area contributed by atoms with Crippen LogP contribution in [0.25, 0.3) is 0 Å². The van der Waals surface area contributed by atoms with Crippen LogP contribution in [0, 0.1) is 0 Å². The maximum atomic E-state index is 5.68. The van der Waals surface area contributed by atoms with Crippen molar-refractivity contribution >= 4 is 0 Å². The largest absolute Gasteiger partial charge is 0.402 e. The number of aromatic nitrogens is 1. The highest BCUT2D eigenvalue weighted by Crippen LogP contribution is 2.33. The second-order valence-corrected chi connectivity index (χ2v) is 6.62. The van der Waals surface area contributed by atoms with E-state index < -0.39 is 0 Å². The SMILES string of the molecule is C/C(N)=C/C=C\CCN(CCCCN)C1CCCc2cccnc21. The molecule has 1 aromatic rings. The minimum atomic E-state index is 0.452. The Hall–Kier alpha value is -1.65. The van der Waals surface area contributed by atoms with Crippen LogP contribution in [0.4, 0.5) is 0 Å². The Balaban J connectivity index is 2.03. The monoisotopic (exact) mass is 328 g/mol. The summed E-state index contributed by atoms with van der Waals surface area (Å²) >= 11 is 0. The maximum Gasteiger partial charge on any atom is 0.0607 e. The molecule has 0 bridgehead atoms. The first-order valence-corrected chi connectivity index (χ1v) is 9.19. The van der Waals surface area contributed by atoms with Gasteiger partial charge in [0, 0.05) is 18.4 Å². The molecular formula is C20H32N4. The highest BCUT2D eigenvalue weighted by atomic mass is 15.2. The molecular weight excluding hydrogens is 296 g/mol. The van der Waals surface area contributed by atoms with Crippen LogP contribution < -0.4 is 11.5 Å². The Labute approximate surface area is 146 Å². The molecule has 2 rings (SSSR count). The number of nitrogens with two attached hydrogens (primary N) is 2. The van der Waals surface area contributed by atoms with Gasteiger partial charge in [0.1, 0.15) is 0 Å². The molecule has 24 heavy (non-hydrogen) atoms. The summed E-state index contributed by atoms with van der Waals surface area (Å²) in [4.78, 5) is 7.31. The van der Waals surface area contributed by atoms with Gasteiger partial charge in [-0.15, -0.1) is 0 Å². The standard InChI is InChI=1S/C20H32N4/c1-17(22)9-3-2-5-15-24(16-6-4-13-21)19-12-7-10-18-11-8-14-23-20(18)19/h2-3,8-9,11,14,19H,4-7,10,12-13,15-16,21-22H2,1H3/b3-2-,17-9-. The number of hydrogen-bond donors (Lipinski definition) is 2. The van der Waals surface area contributed by atoms with Crippen LogP contribution >= 0.6 is 0 Å². The lowest BCUT2D eigenvalue weighted by molar-refractivity contribution is 0.174. The molecule has 0 aromatic carbocycles. The topological polar surface area (TPSA) is 68.2 Å². The van der Waals surface area contributed by atoms with E-state index in [0.717, 1.165) is 51.0 Å². The lowest BCUT2D eigenvalue weighted by atomic mass is 9.90. The number of fused-ring (bicyclic) bond motifs is 1. The van der Waals surface area contributed by atoms with E-state index in [2.05, 4.69) is 29.2 Å². The van der Waals surface area contributed by atoms with Gasteiger partial charge in [-0.25, -0.2) is 0 Å². The van der Waals surface area contributed by atoms with Crippen LogP contribution in [-0.4, -0.2) is 29.5 Å². The van der Waals surface area contributed by atoms with E-state index in [4.69, 9.17) is 16.5 Å². The fourth-order valence-electron chi connectivity index (χ4n) is 3.38. The van der Waals surface area contributed by atoms with Gasteiger partial charge in [-0.2, -0.15) is 0 Å². The highest BCUT2D eigenvalue weighted by molar-refractivity contribution is 5.25. The molecule has 1 aliphatic carbocycles. The van der Waals surface area contributed by atoms with E-state index >= 15 is 0 Å². The number of rotatable bonds is 9. The smallest absolute Gasteiger partial charge is 0.0607 e. The highest BCUT2D eigenvalue weighted by Gasteiger charge is 2.26. The Kier molecular flexibility index (Phi) is 7.99. The van der Waals surface area contributed by atoms with Crippen molar-refractivity contribution in [2.75, 3.05) is 19.6 Å². The molecule has 0 saturated heterocycles. The first kappa shape index (κ1) is 18.7. The van der Waals surface area contributed by atoms with Crippen molar-refractivity contribution in [1.82, 2.24) is 9.88 Å². The van der Waals surface area contributed by atoms with Crippen molar-refractivity contribution < 1.29 is 0 Å². The van der Waals surface area contributed by atoms with E-state index in [1.807, 2.05) is 19.2 Å². The molecule has 4 nitrogen and oxygen atoms in total. The maximum absolute atomic E-state index is 5.68. The summed E-state index contributed by atoms with van der Waals surface area (Å²) in [6.07, 6.45) is 15.0. The predicted molar refractivity (Wildman–Crippen MR) is 101 cm³/mol. The lowest BCUT2D eigenvalue weighted by Crippen LogP contribution is -2.33. The van der Waals surface area contributed by atoms with Gasteiger partial charge in [0.25, 0.3) is 0 Å². The summed E-state index contributed by atoms with van der Waals surface area (Å²) in [6.45, 7) is 4.83. The molecule has 0 amide bonds. The molecule has 4 heteroatoms. The third-order valence-corrected chi connectivity index (χ3v) is 4.58. The second kappa shape index (κ2) is 10.3. The zero-order valence-electron chi connectivity index (χ0n) is 15.0. The first-order chi connectivity index (χ1) is 11.7. The Bertz CT molecular complexity index is 546. The average Bonchev–Trinajstić information content (AvgIpc) is 2.59. The molecule has 0 radical (unpaired) electrons. The lowest BCUT2D eigenvalue weighted by Gasteiger charge is -2.35. The molecule has 1 aliphatic rings. The number of pyridine rings is 1.